The van der Waals surface area contributed by atoms with Crippen molar-refractivity contribution >= 4 is 5.97 Å². The molecule has 3 aliphatic rings. The number of esters is 1. The first-order valence-corrected chi connectivity index (χ1v) is 6.82. The average molecular weight is 239 g/mol. The molecule has 1 aliphatic carbocycles. The van der Waals surface area contributed by atoms with E-state index in [-0.39, 0.29) is 18.0 Å². The number of rotatable bonds is 2. The Hall–Kier alpha value is -0.610. The smallest absolute Gasteiger partial charge is 0.309 e. The predicted octanol–water partition coefficient (Wildman–Crippen LogP) is 0.954. The number of carbonyl (C=O) groups excluding carboxylic acids is 1. The van der Waals surface area contributed by atoms with Gasteiger partial charge < -0.3 is 14.8 Å². The van der Waals surface area contributed by atoms with Crippen LogP contribution >= 0.6 is 0 Å². The molecule has 2 aliphatic heterocycles. The van der Waals surface area contributed by atoms with Crippen LogP contribution in [-0.2, 0) is 14.3 Å². The van der Waals surface area contributed by atoms with E-state index in [9.17, 15) is 4.79 Å². The summed E-state index contributed by atoms with van der Waals surface area (Å²) in [5, 5.41) is 3.40. The first kappa shape index (κ1) is 11.5. The number of nitrogens with one attached hydrogen (secondary N) is 1. The van der Waals surface area contributed by atoms with Crippen molar-refractivity contribution in [1.29, 1.82) is 0 Å². The Kier molecular flexibility index (Phi) is 3.34. The van der Waals surface area contributed by atoms with Crippen molar-refractivity contribution in [2.75, 3.05) is 26.3 Å². The zero-order valence-corrected chi connectivity index (χ0v) is 10.2. The Balaban J connectivity index is 1.49. The highest BCUT2D eigenvalue weighted by Gasteiger charge is 2.41. The summed E-state index contributed by atoms with van der Waals surface area (Å²) in [6, 6.07) is 0. The minimum absolute atomic E-state index is 0.0475. The van der Waals surface area contributed by atoms with Crippen LogP contribution in [0.15, 0.2) is 0 Å². The molecule has 3 atom stereocenters. The normalized spacial score (nSPS) is 38.0. The van der Waals surface area contributed by atoms with E-state index in [1.165, 1.54) is 0 Å². The minimum Gasteiger partial charge on any atom is -0.462 e. The number of fused-ring (bicyclic) bond motifs is 1. The highest BCUT2D eigenvalue weighted by atomic mass is 16.6. The van der Waals surface area contributed by atoms with E-state index in [0.717, 1.165) is 52.0 Å². The van der Waals surface area contributed by atoms with Gasteiger partial charge in [0.2, 0.25) is 0 Å². The Morgan fingerprint density at radius 3 is 2.41 bits per heavy atom. The summed E-state index contributed by atoms with van der Waals surface area (Å²) in [5.41, 5.74) is 0. The van der Waals surface area contributed by atoms with Crippen molar-refractivity contribution in [2.45, 2.75) is 31.8 Å². The molecule has 1 N–H and O–H groups in total. The lowest BCUT2D eigenvalue weighted by Crippen LogP contribution is -2.29. The molecular formula is C13H21NO3. The maximum absolute atomic E-state index is 12.1. The molecular weight excluding hydrogens is 218 g/mol. The average Bonchev–Trinajstić information content (AvgIpc) is 2.90. The van der Waals surface area contributed by atoms with Gasteiger partial charge in [-0.2, -0.15) is 0 Å². The van der Waals surface area contributed by atoms with Crippen molar-refractivity contribution in [3.05, 3.63) is 0 Å². The van der Waals surface area contributed by atoms with Crippen LogP contribution in [0.5, 0.6) is 0 Å². The number of ether oxygens (including phenoxy) is 2. The van der Waals surface area contributed by atoms with Crippen LogP contribution < -0.4 is 5.32 Å². The van der Waals surface area contributed by atoms with E-state index < -0.39 is 0 Å². The van der Waals surface area contributed by atoms with Gasteiger partial charge in [0.1, 0.15) is 6.10 Å². The molecule has 0 aromatic rings. The first-order valence-electron chi connectivity index (χ1n) is 6.82. The van der Waals surface area contributed by atoms with Crippen LogP contribution in [0.4, 0.5) is 0 Å². The molecule has 0 amide bonds. The summed E-state index contributed by atoms with van der Waals surface area (Å²) in [6.07, 6.45) is 3.90. The quantitative estimate of drug-likeness (QED) is 0.729. The lowest BCUT2D eigenvalue weighted by atomic mass is 10.0. The van der Waals surface area contributed by atoms with Gasteiger partial charge in [-0.15, -0.1) is 0 Å². The Morgan fingerprint density at radius 1 is 1.12 bits per heavy atom. The van der Waals surface area contributed by atoms with Crippen LogP contribution in [0, 0.1) is 17.8 Å². The lowest BCUT2D eigenvalue weighted by Gasteiger charge is -2.23. The number of hydrogen-bond acceptors (Lipinski definition) is 4. The van der Waals surface area contributed by atoms with Crippen LogP contribution in [0.2, 0.25) is 0 Å². The van der Waals surface area contributed by atoms with Gasteiger partial charge in [-0.05, 0) is 37.8 Å². The molecule has 0 radical (unpaired) electrons. The van der Waals surface area contributed by atoms with Crippen LogP contribution in [0.1, 0.15) is 25.7 Å². The summed E-state index contributed by atoms with van der Waals surface area (Å²) in [6.45, 7) is 3.65. The molecule has 96 valence electrons. The van der Waals surface area contributed by atoms with E-state index >= 15 is 0 Å². The van der Waals surface area contributed by atoms with E-state index in [0.29, 0.717) is 11.8 Å². The third-order valence-electron chi connectivity index (χ3n) is 4.44. The molecule has 0 aromatic heterocycles. The van der Waals surface area contributed by atoms with Crippen LogP contribution in [0.3, 0.4) is 0 Å². The van der Waals surface area contributed by atoms with Gasteiger partial charge in [0.05, 0.1) is 19.1 Å². The molecule has 3 rings (SSSR count). The molecule has 2 saturated heterocycles. The van der Waals surface area contributed by atoms with Crippen LogP contribution in [0.25, 0.3) is 0 Å². The van der Waals surface area contributed by atoms with E-state index in [1.807, 2.05) is 0 Å². The number of carbonyl (C=O) groups is 1. The second-order valence-electron chi connectivity index (χ2n) is 5.60. The summed E-state index contributed by atoms with van der Waals surface area (Å²) < 4.78 is 10.9. The predicted molar refractivity (Wildman–Crippen MR) is 62.5 cm³/mol. The van der Waals surface area contributed by atoms with Gasteiger partial charge in [0.15, 0.2) is 0 Å². The largest absolute Gasteiger partial charge is 0.462 e. The molecule has 3 fully saturated rings. The fourth-order valence-corrected chi connectivity index (χ4v) is 3.41. The van der Waals surface area contributed by atoms with E-state index in [1.54, 1.807) is 0 Å². The summed E-state index contributed by atoms with van der Waals surface area (Å²) in [7, 11) is 0. The van der Waals surface area contributed by atoms with Crippen molar-refractivity contribution in [1.82, 2.24) is 5.32 Å². The van der Waals surface area contributed by atoms with E-state index in [2.05, 4.69) is 5.32 Å². The molecule has 4 nitrogen and oxygen atoms in total. The van der Waals surface area contributed by atoms with Crippen LogP contribution in [-0.4, -0.2) is 38.4 Å². The number of hydrogen-bond donors (Lipinski definition) is 1. The van der Waals surface area contributed by atoms with Gasteiger partial charge >= 0.3 is 5.97 Å². The minimum atomic E-state index is 0.0475. The van der Waals surface area contributed by atoms with Gasteiger partial charge in [-0.1, -0.05) is 0 Å². The lowest BCUT2D eigenvalue weighted by molar-refractivity contribution is -0.158. The molecule has 0 spiro atoms. The second-order valence-corrected chi connectivity index (χ2v) is 5.60. The van der Waals surface area contributed by atoms with Crippen molar-refractivity contribution < 1.29 is 14.3 Å². The summed E-state index contributed by atoms with van der Waals surface area (Å²) in [5.74, 6) is 1.63. The Bertz CT molecular complexity index is 276. The maximum atomic E-state index is 12.1. The molecule has 1 saturated carbocycles. The maximum Gasteiger partial charge on any atom is 0.309 e. The van der Waals surface area contributed by atoms with Crippen molar-refractivity contribution in [3.8, 4) is 0 Å². The molecule has 0 bridgehead atoms. The first-order chi connectivity index (χ1) is 8.33. The van der Waals surface area contributed by atoms with Gasteiger partial charge in [-0.25, -0.2) is 0 Å². The standard InChI is InChI=1S/C13H21NO3/c15-13(17-12-1-3-16-4-2-12)9-5-10-7-14-8-11(10)6-9/h9-12,14H,1-8H2/t9?,10-,11+. The van der Waals surface area contributed by atoms with Gasteiger partial charge in [0.25, 0.3) is 0 Å². The highest BCUT2D eigenvalue weighted by molar-refractivity contribution is 5.73. The third-order valence-corrected chi connectivity index (χ3v) is 4.44. The zero-order chi connectivity index (χ0) is 11.7. The monoisotopic (exact) mass is 239 g/mol. The summed E-state index contributed by atoms with van der Waals surface area (Å²) in [4.78, 5) is 12.1. The fourth-order valence-electron chi connectivity index (χ4n) is 3.41. The second kappa shape index (κ2) is 4.94. The molecule has 0 aromatic carbocycles. The van der Waals surface area contributed by atoms with Gasteiger partial charge in [0, 0.05) is 12.8 Å². The van der Waals surface area contributed by atoms with Gasteiger partial charge in [-0.3, -0.25) is 4.79 Å². The fraction of sp³-hybridized carbons (Fsp3) is 0.923. The third kappa shape index (κ3) is 2.47. The highest BCUT2D eigenvalue weighted by Crippen LogP contribution is 2.39. The molecule has 2 heterocycles. The molecule has 17 heavy (non-hydrogen) atoms. The van der Waals surface area contributed by atoms with E-state index in [4.69, 9.17) is 9.47 Å². The SMILES string of the molecule is O=C(OC1CCOCC1)C1C[C@H]2CNC[C@H]2C1. The topological polar surface area (TPSA) is 47.6 Å². The molecule has 4 heteroatoms. The zero-order valence-electron chi connectivity index (χ0n) is 10.2. The summed E-state index contributed by atoms with van der Waals surface area (Å²) >= 11 is 0. The Morgan fingerprint density at radius 2 is 1.76 bits per heavy atom. The van der Waals surface area contributed by atoms with Crippen molar-refractivity contribution in [3.63, 3.8) is 0 Å². The molecule has 1 unspecified atom stereocenters. The van der Waals surface area contributed by atoms with Crippen molar-refractivity contribution in [2.24, 2.45) is 17.8 Å². The Labute approximate surface area is 102 Å².